The van der Waals surface area contributed by atoms with Gasteiger partial charge >= 0.3 is 0 Å². The van der Waals surface area contributed by atoms with Gasteiger partial charge in [-0.15, -0.1) is 0 Å². The second kappa shape index (κ2) is 4.77. The van der Waals surface area contributed by atoms with Gasteiger partial charge in [0.1, 0.15) is 5.82 Å². The Bertz CT molecular complexity index is 360. The summed E-state index contributed by atoms with van der Waals surface area (Å²) in [7, 11) is 0. The summed E-state index contributed by atoms with van der Waals surface area (Å²) in [4.78, 5) is 0. The van der Waals surface area contributed by atoms with Gasteiger partial charge < -0.3 is 10.6 Å². The Balaban J connectivity index is 2.24. The molecule has 0 spiro atoms. The first-order valence-electron chi connectivity index (χ1n) is 5.54. The minimum absolute atomic E-state index is 0.156. The number of hydrogen-bond donors (Lipinski definition) is 2. The molecule has 2 nitrogen and oxygen atoms in total. The number of anilines is 2. The zero-order valence-electron chi connectivity index (χ0n) is 9.48. The molecule has 0 aromatic heterocycles. The van der Waals surface area contributed by atoms with Crippen molar-refractivity contribution in [2.75, 3.05) is 23.7 Å². The van der Waals surface area contributed by atoms with E-state index in [0.717, 1.165) is 24.5 Å². The maximum Gasteiger partial charge on any atom is 0.138 e. The normalized spacial score (nSPS) is 19.7. The summed E-state index contributed by atoms with van der Waals surface area (Å²) in [5.41, 5.74) is 1.88. The standard InChI is InChI=1S/C12H16FIN2/c1-7(2)8-5-15-11-3-9(13)10(14)4-12(11)16-6-8/h3-4,7-8,15-16H,5-6H2,1-2H3. The molecule has 1 aliphatic rings. The smallest absolute Gasteiger partial charge is 0.138 e. The minimum atomic E-state index is -0.156. The topological polar surface area (TPSA) is 24.1 Å². The highest BCUT2D eigenvalue weighted by Gasteiger charge is 2.19. The van der Waals surface area contributed by atoms with E-state index in [1.807, 2.05) is 28.7 Å². The number of fused-ring (bicyclic) bond motifs is 1. The van der Waals surface area contributed by atoms with Crippen molar-refractivity contribution >= 4 is 34.0 Å². The van der Waals surface area contributed by atoms with Gasteiger partial charge in [0.2, 0.25) is 0 Å². The zero-order chi connectivity index (χ0) is 11.7. The van der Waals surface area contributed by atoms with Crippen LogP contribution >= 0.6 is 22.6 Å². The fraction of sp³-hybridized carbons (Fsp3) is 0.500. The van der Waals surface area contributed by atoms with Crippen molar-refractivity contribution in [2.24, 2.45) is 11.8 Å². The van der Waals surface area contributed by atoms with Crippen LogP contribution in [-0.4, -0.2) is 13.1 Å². The molecule has 16 heavy (non-hydrogen) atoms. The van der Waals surface area contributed by atoms with Crippen LogP contribution in [-0.2, 0) is 0 Å². The highest BCUT2D eigenvalue weighted by Crippen LogP contribution is 2.30. The maximum absolute atomic E-state index is 13.4. The van der Waals surface area contributed by atoms with Gasteiger partial charge in [0.25, 0.3) is 0 Å². The van der Waals surface area contributed by atoms with Crippen molar-refractivity contribution < 1.29 is 4.39 Å². The summed E-state index contributed by atoms with van der Waals surface area (Å²) in [5.74, 6) is 1.04. The van der Waals surface area contributed by atoms with Crippen LogP contribution in [0.4, 0.5) is 15.8 Å². The first-order valence-corrected chi connectivity index (χ1v) is 6.62. The number of rotatable bonds is 1. The third-order valence-corrected chi connectivity index (χ3v) is 3.94. The van der Waals surface area contributed by atoms with E-state index in [0.29, 0.717) is 15.4 Å². The molecule has 0 radical (unpaired) electrons. The predicted molar refractivity (Wildman–Crippen MR) is 74.4 cm³/mol. The first kappa shape index (κ1) is 12.0. The van der Waals surface area contributed by atoms with Gasteiger partial charge in [-0.3, -0.25) is 0 Å². The Morgan fingerprint density at radius 1 is 1.25 bits per heavy atom. The number of hydrogen-bond acceptors (Lipinski definition) is 2. The van der Waals surface area contributed by atoms with Crippen molar-refractivity contribution in [1.29, 1.82) is 0 Å². The largest absolute Gasteiger partial charge is 0.383 e. The molecule has 0 amide bonds. The molecule has 0 saturated heterocycles. The van der Waals surface area contributed by atoms with Gasteiger partial charge in [-0.2, -0.15) is 0 Å². The van der Waals surface area contributed by atoms with E-state index in [9.17, 15) is 4.39 Å². The molecule has 1 aliphatic heterocycles. The second-order valence-electron chi connectivity index (χ2n) is 4.58. The molecule has 2 N–H and O–H groups in total. The molecule has 88 valence electrons. The zero-order valence-corrected chi connectivity index (χ0v) is 11.6. The molecule has 1 aromatic carbocycles. The monoisotopic (exact) mass is 334 g/mol. The third-order valence-electron chi connectivity index (χ3n) is 3.11. The Morgan fingerprint density at radius 2 is 1.81 bits per heavy atom. The lowest BCUT2D eigenvalue weighted by Crippen LogP contribution is -2.23. The van der Waals surface area contributed by atoms with Crippen molar-refractivity contribution in [1.82, 2.24) is 0 Å². The van der Waals surface area contributed by atoms with E-state index < -0.39 is 0 Å². The average molecular weight is 334 g/mol. The lowest BCUT2D eigenvalue weighted by molar-refractivity contribution is 0.426. The molecule has 0 bridgehead atoms. The quantitative estimate of drug-likeness (QED) is 0.768. The lowest BCUT2D eigenvalue weighted by atomic mass is 9.96. The summed E-state index contributed by atoms with van der Waals surface area (Å²) in [5, 5.41) is 6.71. The SMILES string of the molecule is CC(C)C1CNc2cc(F)c(I)cc2NC1. The highest BCUT2D eigenvalue weighted by molar-refractivity contribution is 14.1. The summed E-state index contributed by atoms with van der Waals surface area (Å²) >= 11 is 2.02. The van der Waals surface area contributed by atoms with Crippen LogP contribution in [0, 0.1) is 21.2 Å². The molecule has 0 aliphatic carbocycles. The van der Waals surface area contributed by atoms with Gasteiger partial charge in [-0.05, 0) is 40.5 Å². The average Bonchev–Trinajstić information content (AvgIpc) is 2.41. The number of benzene rings is 1. The highest BCUT2D eigenvalue weighted by atomic mass is 127. The Hall–Kier alpha value is -0.520. The van der Waals surface area contributed by atoms with Gasteiger partial charge in [-0.25, -0.2) is 4.39 Å². The lowest BCUT2D eigenvalue weighted by Gasteiger charge is -2.18. The molecule has 1 aromatic rings. The van der Waals surface area contributed by atoms with Gasteiger partial charge in [0.05, 0.1) is 14.9 Å². The van der Waals surface area contributed by atoms with E-state index in [1.54, 1.807) is 6.07 Å². The molecule has 2 rings (SSSR count). The van der Waals surface area contributed by atoms with Crippen LogP contribution in [0.2, 0.25) is 0 Å². The van der Waals surface area contributed by atoms with Gasteiger partial charge in [0, 0.05) is 19.2 Å². The molecular formula is C12H16FIN2. The van der Waals surface area contributed by atoms with E-state index >= 15 is 0 Å². The van der Waals surface area contributed by atoms with Crippen LogP contribution in [0.3, 0.4) is 0 Å². The summed E-state index contributed by atoms with van der Waals surface area (Å²) in [6, 6.07) is 3.44. The molecule has 4 heteroatoms. The predicted octanol–water partition coefficient (Wildman–Crippen LogP) is 3.54. The fourth-order valence-corrected chi connectivity index (χ4v) is 2.33. The summed E-state index contributed by atoms with van der Waals surface area (Å²) < 4.78 is 14.1. The third kappa shape index (κ3) is 2.42. The van der Waals surface area contributed by atoms with Crippen molar-refractivity contribution in [3.63, 3.8) is 0 Å². The molecule has 1 atom stereocenters. The minimum Gasteiger partial charge on any atom is -0.383 e. The Labute approximate surface area is 109 Å². The molecule has 0 saturated carbocycles. The van der Waals surface area contributed by atoms with E-state index in [4.69, 9.17) is 0 Å². The maximum atomic E-state index is 13.4. The molecule has 1 unspecified atom stereocenters. The van der Waals surface area contributed by atoms with E-state index in [2.05, 4.69) is 24.5 Å². The number of nitrogens with one attached hydrogen (secondary N) is 2. The Morgan fingerprint density at radius 3 is 2.38 bits per heavy atom. The summed E-state index contributed by atoms with van der Waals surface area (Å²) in [6.45, 7) is 6.28. The Kier molecular flexibility index (Phi) is 3.56. The first-order chi connectivity index (χ1) is 7.58. The van der Waals surface area contributed by atoms with Gasteiger partial charge in [0.15, 0.2) is 0 Å². The summed E-state index contributed by atoms with van der Waals surface area (Å²) in [6.07, 6.45) is 0. The van der Waals surface area contributed by atoms with Gasteiger partial charge in [-0.1, -0.05) is 13.8 Å². The fourth-order valence-electron chi connectivity index (χ4n) is 1.87. The van der Waals surface area contributed by atoms with E-state index in [-0.39, 0.29) is 5.82 Å². The van der Waals surface area contributed by atoms with Crippen molar-refractivity contribution in [2.45, 2.75) is 13.8 Å². The van der Waals surface area contributed by atoms with Crippen molar-refractivity contribution in [3.05, 3.63) is 21.5 Å². The van der Waals surface area contributed by atoms with Crippen LogP contribution in [0.1, 0.15) is 13.8 Å². The van der Waals surface area contributed by atoms with Crippen LogP contribution < -0.4 is 10.6 Å². The number of halogens is 2. The molecular weight excluding hydrogens is 318 g/mol. The van der Waals surface area contributed by atoms with Crippen LogP contribution in [0.25, 0.3) is 0 Å². The van der Waals surface area contributed by atoms with Crippen LogP contribution in [0.5, 0.6) is 0 Å². The molecule has 0 fully saturated rings. The second-order valence-corrected chi connectivity index (χ2v) is 5.74. The van der Waals surface area contributed by atoms with Crippen molar-refractivity contribution in [3.8, 4) is 0 Å². The van der Waals surface area contributed by atoms with Crippen LogP contribution in [0.15, 0.2) is 12.1 Å². The van der Waals surface area contributed by atoms with E-state index in [1.165, 1.54) is 0 Å². The molecule has 1 heterocycles.